The fourth-order valence-electron chi connectivity index (χ4n) is 1.44. The minimum Gasteiger partial charge on any atom is -0.462 e. The minimum absolute atomic E-state index is 0. The first-order valence-electron chi connectivity index (χ1n) is 6.11. The molecule has 0 spiro atoms. The number of halogens is 1. The number of nitrogens with one attached hydrogen (secondary N) is 2. The molecule has 0 bridgehead atoms. The Hall–Kier alpha value is -1.18. The molecule has 1 rings (SSSR count). The summed E-state index contributed by atoms with van der Waals surface area (Å²) >= 11 is 1.14. The normalized spacial score (nSPS) is 10.1. The lowest BCUT2D eigenvalue weighted by Crippen LogP contribution is -2.24. The van der Waals surface area contributed by atoms with Crippen LogP contribution in [0.15, 0.2) is 0 Å². The molecule has 2 N–H and O–H groups in total. The number of hydrogen-bond donors (Lipinski definition) is 2. The third-order valence-electron chi connectivity index (χ3n) is 2.24. The predicted octanol–water partition coefficient (Wildman–Crippen LogP) is 2.02. The lowest BCUT2D eigenvalue weighted by Gasteiger charge is -2.03. The van der Waals surface area contributed by atoms with Crippen LogP contribution in [0.3, 0.4) is 0 Å². The highest BCUT2D eigenvalue weighted by Crippen LogP contribution is 2.29. The summed E-state index contributed by atoms with van der Waals surface area (Å²) in [7, 11) is 1.69. The summed E-state index contributed by atoms with van der Waals surface area (Å²) in [6, 6.07) is 0. The van der Waals surface area contributed by atoms with Gasteiger partial charge in [-0.3, -0.25) is 4.79 Å². The molecule has 1 aromatic rings. The molecule has 0 atom stereocenters. The van der Waals surface area contributed by atoms with Gasteiger partial charge in [0.15, 0.2) is 5.13 Å². The number of amides is 1. The monoisotopic (exact) mass is 321 g/mol. The van der Waals surface area contributed by atoms with Gasteiger partial charge in [0.05, 0.1) is 18.8 Å². The Bertz CT molecular complexity index is 463. The van der Waals surface area contributed by atoms with E-state index in [9.17, 15) is 9.59 Å². The Labute approximate surface area is 128 Å². The van der Waals surface area contributed by atoms with Crippen LogP contribution in [0, 0.1) is 0 Å². The second-order valence-electron chi connectivity index (χ2n) is 4.19. The Morgan fingerprint density at radius 1 is 1.40 bits per heavy atom. The molecule has 0 fully saturated rings. The molecule has 1 heterocycles. The summed E-state index contributed by atoms with van der Waals surface area (Å²) in [5.41, 5.74) is 0.656. The first-order valence-corrected chi connectivity index (χ1v) is 6.93. The van der Waals surface area contributed by atoms with E-state index in [1.165, 1.54) is 0 Å². The van der Waals surface area contributed by atoms with Crippen LogP contribution in [0.1, 0.15) is 42.1 Å². The van der Waals surface area contributed by atoms with Crippen LogP contribution in [0.25, 0.3) is 0 Å². The third-order valence-corrected chi connectivity index (χ3v) is 3.21. The number of rotatable bonds is 6. The zero-order chi connectivity index (χ0) is 14.4. The van der Waals surface area contributed by atoms with Crippen molar-refractivity contribution in [2.75, 3.05) is 25.5 Å². The van der Waals surface area contributed by atoms with Crippen molar-refractivity contribution in [3.63, 3.8) is 0 Å². The van der Waals surface area contributed by atoms with Crippen molar-refractivity contribution in [3.05, 3.63) is 10.6 Å². The number of aromatic nitrogens is 1. The Morgan fingerprint density at radius 3 is 2.55 bits per heavy atom. The second kappa shape index (κ2) is 8.89. The van der Waals surface area contributed by atoms with Gasteiger partial charge in [-0.05, 0) is 19.9 Å². The molecule has 1 amide bonds. The van der Waals surface area contributed by atoms with Crippen LogP contribution in [0.5, 0.6) is 0 Å². The van der Waals surface area contributed by atoms with Gasteiger partial charge in [0, 0.05) is 0 Å². The number of ether oxygens (including phenoxy) is 1. The van der Waals surface area contributed by atoms with E-state index in [1.54, 1.807) is 14.0 Å². The highest BCUT2D eigenvalue weighted by molar-refractivity contribution is 7.17. The fraction of sp³-hybridized carbons (Fsp3) is 0.583. The molecular weight excluding hydrogens is 302 g/mol. The van der Waals surface area contributed by atoms with E-state index >= 15 is 0 Å². The SMILES string of the molecule is CCOC(=O)c1sc(NC(=O)CNC)nc1C(C)C.Cl. The van der Waals surface area contributed by atoms with Crippen molar-refractivity contribution < 1.29 is 14.3 Å². The molecule has 1 aromatic heterocycles. The molecule has 0 radical (unpaired) electrons. The van der Waals surface area contributed by atoms with E-state index in [-0.39, 0.29) is 30.8 Å². The number of nitrogens with zero attached hydrogens (tertiary/aromatic N) is 1. The standard InChI is InChI=1S/C12H19N3O3S.ClH/c1-5-18-11(17)10-9(7(2)3)15-12(19-10)14-8(16)6-13-4;/h7,13H,5-6H2,1-4H3,(H,14,15,16);1H. The van der Waals surface area contributed by atoms with Gasteiger partial charge in [0.1, 0.15) is 4.88 Å². The predicted molar refractivity (Wildman–Crippen MR) is 82.0 cm³/mol. The van der Waals surface area contributed by atoms with Crippen molar-refractivity contribution in [1.29, 1.82) is 0 Å². The number of hydrogen-bond acceptors (Lipinski definition) is 6. The quantitative estimate of drug-likeness (QED) is 0.784. The van der Waals surface area contributed by atoms with Crippen molar-refractivity contribution in [2.45, 2.75) is 26.7 Å². The minimum atomic E-state index is -0.391. The second-order valence-corrected chi connectivity index (χ2v) is 5.19. The van der Waals surface area contributed by atoms with Gasteiger partial charge < -0.3 is 15.4 Å². The largest absolute Gasteiger partial charge is 0.462 e. The van der Waals surface area contributed by atoms with E-state index in [0.29, 0.717) is 22.3 Å². The molecule has 0 aliphatic heterocycles. The summed E-state index contributed by atoms with van der Waals surface area (Å²) in [6.07, 6.45) is 0. The Balaban J connectivity index is 0.00000361. The van der Waals surface area contributed by atoms with Crippen molar-refractivity contribution in [3.8, 4) is 0 Å². The number of carbonyl (C=O) groups excluding carboxylic acids is 2. The van der Waals surface area contributed by atoms with Crippen LogP contribution in [-0.4, -0.2) is 37.1 Å². The average molecular weight is 322 g/mol. The van der Waals surface area contributed by atoms with Crippen LogP contribution < -0.4 is 10.6 Å². The van der Waals surface area contributed by atoms with Crippen LogP contribution >= 0.6 is 23.7 Å². The highest BCUT2D eigenvalue weighted by atomic mass is 35.5. The molecular formula is C12H20ClN3O3S. The number of likely N-dealkylation sites (N-methyl/N-ethyl adjacent to an activating group) is 1. The summed E-state index contributed by atoms with van der Waals surface area (Å²) in [4.78, 5) is 28.0. The first-order chi connectivity index (χ1) is 8.99. The first kappa shape index (κ1) is 18.8. The third kappa shape index (κ3) is 5.07. The van der Waals surface area contributed by atoms with Gasteiger partial charge in [-0.15, -0.1) is 12.4 Å². The molecule has 0 aliphatic carbocycles. The number of esters is 1. The number of carbonyl (C=O) groups is 2. The molecule has 6 nitrogen and oxygen atoms in total. The fourth-order valence-corrected chi connectivity index (χ4v) is 2.47. The van der Waals surface area contributed by atoms with Crippen molar-refractivity contribution in [2.24, 2.45) is 0 Å². The Morgan fingerprint density at radius 2 is 2.05 bits per heavy atom. The number of anilines is 1. The van der Waals surface area contributed by atoms with Crippen molar-refractivity contribution in [1.82, 2.24) is 10.3 Å². The van der Waals surface area contributed by atoms with E-state index in [1.807, 2.05) is 13.8 Å². The van der Waals surface area contributed by atoms with Gasteiger partial charge >= 0.3 is 5.97 Å². The molecule has 0 saturated heterocycles. The Kier molecular flexibility index (Phi) is 8.36. The topological polar surface area (TPSA) is 80.3 Å². The lowest BCUT2D eigenvalue weighted by atomic mass is 10.1. The molecule has 114 valence electrons. The number of thiazole rings is 1. The van der Waals surface area contributed by atoms with Gasteiger partial charge in [-0.2, -0.15) is 0 Å². The van der Waals surface area contributed by atoms with E-state index in [2.05, 4.69) is 15.6 Å². The molecule has 20 heavy (non-hydrogen) atoms. The molecule has 0 saturated carbocycles. The molecule has 0 aromatic carbocycles. The maximum Gasteiger partial charge on any atom is 0.350 e. The van der Waals surface area contributed by atoms with Gasteiger partial charge in [-0.1, -0.05) is 25.2 Å². The molecule has 0 aliphatic rings. The maximum absolute atomic E-state index is 11.8. The van der Waals surface area contributed by atoms with Crippen LogP contribution in [-0.2, 0) is 9.53 Å². The van der Waals surface area contributed by atoms with Gasteiger partial charge in [0.25, 0.3) is 0 Å². The molecule has 8 heteroatoms. The van der Waals surface area contributed by atoms with Crippen molar-refractivity contribution >= 4 is 40.8 Å². The zero-order valence-electron chi connectivity index (χ0n) is 12.0. The van der Waals surface area contributed by atoms with E-state index in [0.717, 1.165) is 11.3 Å². The summed E-state index contributed by atoms with van der Waals surface area (Å²) in [5.74, 6) is -0.495. The average Bonchev–Trinajstić information content (AvgIpc) is 2.73. The van der Waals surface area contributed by atoms with E-state index < -0.39 is 5.97 Å². The maximum atomic E-state index is 11.8. The van der Waals surface area contributed by atoms with Crippen LogP contribution in [0.2, 0.25) is 0 Å². The van der Waals surface area contributed by atoms with Gasteiger partial charge in [0.2, 0.25) is 5.91 Å². The summed E-state index contributed by atoms with van der Waals surface area (Å²) in [5, 5.41) is 5.82. The highest BCUT2D eigenvalue weighted by Gasteiger charge is 2.21. The summed E-state index contributed by atoms with van der Waals surface area (Å²) < 4.78 is 4.99. The summed E-state index contributed by atoms with van der Waals surface area (Å²) in [6.45, 7) is 6.15. The van der Waals surface area contributed by atoms with Crippen LogP contribution in [0.4, 0.5) is 5.13 Å². The van der Waals surface area contributed by atoms with E-state index in [4.69, 9.17) is 4.74 Å². The van der Waals surface area contributed by atoms with Gasteiger partial charge in [-0.25, -0.2) is 9.78 Å². The lowest BCUT2D eigenvalue weighted by molar-refractivity contribution is -0.115. The molecule has 0 unspecified atom stereocenters. The smallest absolute Gasteiger partial charge is 0.350 e. The zero-order valence-corrected chi connectivity index (χ0v) is 13.6.